The zero-order chi connectivity index (χ0) is 11.9. The summed E-state index contributed by atoms with van der Waals surface area (Å²) in [5.41, 5.74) is 7.75. The Kier molecular flexibility index (Phi) is 2.44. The van der Waals surface area contributed by atoms with Gasteiger partial charge in [-0.1, -0.05) is 0 Å². The number of ketones is 1. The maximum absolute atomic E-state index is 11.9. The second-order valence-corrected chi connectivity index (χ2v) is 4.01. The third-order valence-electron chi connectivity index (χ3n) is 2.63. The van der Waals surface area contributed by atoms with Gasteiger partial charge in [0, 0.05) is 22.7 Å². The SMILES string of the molecule is Cc1[nH]c2cc(O)ccc2c1C(=O)C(C)N. The minimum atomic E-state index is -0.522. The molecule has 0 saturated carbocycles. The number of fused-ring (bicyclic) bond motifs is 1. The Bertz CT molecular complexity index is 555. The molecule has 0 aliphatic rings. The summed E-state index contributed by atoms with van der Waals surface area (Å²) in [6.45, 7) is 3.49. The molecule has 0 bridgehead atoms. The minimum absolute atomic E-state index is 0.0885. The molecule has 0 amide bonds. The van der Waals surface area contributed by atoms with E-state index in [9.17, 15) is 9.90 Å². The molecule has 0 fully saturated rings. The van der Waals surface area contributed by atoms with E-state index in [0.717, 1.165) is 16.6 Å². The highest BCUT2D eigenvalue weighted by Gasteiger charge is 2.18. The van der Waals surface area contributed by atoms with Crippen molar-refractivity contribution in [2.24, 2.45) is 5.73 Å². The third-order valence-corrected chi connectivity index (χ3v) is 2.63. The van der Waals surface area contributed by atoms with Crippen LogP contribution in [0.4, 0.5) is 0 Å². The number of rotatable bonds is 2. The Morgan fingerprint density at radius 3 is 2.81 bits per heavy atom. The van der Waals surface area contributed by atoms with Crippen molar-refractivity contribution in [3.05, 3.63) is 29.5 Å². The molecule has 84 valence electrons. The minimum Gasteiger partial charge on any atom is -0.508 e. The number of nitrogens with two attached hydrogens (primary N) is 1. The van der Waals surface area contributed by atoms with Crippen molar-refractivity contribution in [1.82, 2.24) is 4.98 Å². The lowest BCUT2D eigenvalue weighted by molar-refractivity contribution is 0.0969. The summed E-state index contributed by atoms with van der Waals surface area (Å²) in [6.07, 6.45) is 0. The lowest BCUT2D eigenvalue weighted by atomic mass is 10.0. The molecule has 1 heterocycles. The molecule has 2 aromatic rings. The third kappa shape index (κ3) is 1.57. The number of phenols is 1. The van der Waals surface area contributed by atoms with Gasteiger partial charge in [0.1, 0.15) is 5.75 Å². The zero-order valence-corrected chi connectivity index (χ0v) is 9.24. The summed E-state index contributed by atoms with van der Waals surface area (Å²) >= 11 is 0. The quantitative estimate of drug-likeness (QED) is 0.671. The molecule has 4 nitrogen and oxygen atoms in total. The zero-order valence-electron chi connectivity index (χ0n) is 9.24. The first-order chi connectivity index (χ1) is 7.50. The van der Waals surface area contributed by atoms with E-state index in [0.29, 0.717) is 5.56 Å². The summed E-state index contributed by atoms with van der Waals surface area (Å²) in [5.74, 6) is 0.0861. The fourth-order valence-electron chi connectivity index (χ4n) is 1.87. The number of carbonyl (C=O) groups is 1. The number of carbonyl (C=O) groups excluding carboxylic acids is 1. The maximum atomic E-state index is 11.9. The van der Waals surface area contributed by atoms with Crippen LogP contribution in [0.3, 0.4) is 0 Å². The fraction of sp³-hybridized carbons (Fsp3) is 0.250. The molecule has 0 aliphatic carbocycles. The van der Waals surface area contributed by atoms with Gasteiger partial charge in [-0.2, -0.15) is 0 Å². The highest BCUT2D eigenvalue weighted by Crippen LogP contribution is 2.26. The molecule has 16 heavy (non-hydrogen) atoms. The molecule has 0 saturated heterocycles. The molecule has 4 N–H and O–H groups in total. The maximum Gasteiger partial charge on any atom is 0.181 e. The average molecular weight is 218 g/mol. The van der Waals surface area contributed by atoms with Gasteiger partial charge in [0.25, 0.3) is 0 Å². The van der Waals surface area contributed by atoms with Crippen molar-refractivity contribution >= 4 is 16.7 Å². The highest BCUT2D eigenvalue weighted by molar-refractivity contribution is 6.11. The fourth-order valence-corrected chi connectivity index (χ4v) is 1.87. The summed E-state index contributed by atoms with van der Waals surface area (Å²) in [5, 5.41) is 10.2. The van der Waals surface area contributed by atoms with Crippen LogP contribution in [0.25, 0.3) is 10.9 Å². The molecule has 0 aliphatic heterocycles. The van der Waals surface area contributed by atoms with Crippen molar-refractivity contribution in [3.8, 4) is 5.75 Å². The number of hydrogen-bond acceptors (Lipinski definition) is 3. The standard InChI is InChI=1S/C12H14N2O2/c1-6(13)12(16)11-7(2)14-10-5-8(15)3-4-9(10)11/h3-6,14-15H,13H2,1-2H3. The van der Waals surface area contributed by atoms with Crippen LogP contribution in [0, 0.1) is 6.92 Å². The Labute approximate surface area is 93.1 Å². The number of benzene rings is 1. The summed E-state index contributed by atoms with van der Waals surface area (Å²) < 4.78 is 0. The number of phenolic OH excluding ortho intramolecular Hbond substituents is 1. The van der Waals surface area contributed by atoms with Gasteiger partial charge in [-0.25, -0.2) is 0 Å². The van der Waals surface area contributed by atoms with Gasteiger partial charge in [0.2, 0.25) is 0 Å². The van der Waals surface area contributed by atoms with Crippen molar-refractivity contribution in [2.75, 3.05) is 0 Å². The monoisotopic (exact) mass is 218 g/mol. The normalized spacial score (nSPS) is 12.9. The molecule has 1 unspecified atom stereocenters. The molecular weight excluding hydrogens is 204 g/mol. The molecule has 0 spiro atoms. The molecule has 2 rings (SSSR count). The average Bonchev–Trinajstić information content (AvgIpc) is 2.51. The van der Waals surface area contributed by atoms with Gasteiger partial charge in [0.05, 0.1) is 11.6 Å². The Balaban J connectivity index is 2.70. The predicted octanol–water partition coefficient (Wildman–Crippen LogP) is 1.71. The van der Waals surface area contributed by atoms with E-state index >= 15 is 0 Å². The van der Waals surface area contributed by atoms with Gasteiger partial charge in [0.15, 0.2) is 5.78 Å². The Morgan fingerprint density at radius 2 is 2.19 bits per heavy atom. The van der Waals surface area contributed by atoms with E-state index in [1.165, 1.54) is 0 Å². The lowest BCUT2D eigenvalue weighted by Crippen LogP contribution is -2.27. The van der Waals surface area contributed by atoms with Gasteiger partial charge in [-0.05, 0) is 26.0 Å². The van der Waals surface area contributed by atoms with Crippen molar-refractivity contribution in [2.45, 2.75) is 19.9 Å². The van der Waals surface area contributed by atoms with Crippen LogP contribution in [0.1, 0.15) is 23.0 Å². The van der Waals surface area contributed by atoms with E-state index in [1.54, 1.807) is 25.1 Å². The summed E-state index contributed by atoms with van der Waals surface area (Å²) in [4.78, 5) is 15.0. The highest BCUT2D eigenvalue weighted by atomic mass is 16.3. The first kappa shape index (κ1) is 10.7. The molecule has 4 heteroatoms. The van der Waals surface area contributed by atoms with Gasteiger partial charge < -0.3 is 15.8 Å². The molecular formula is C12H14N2O2. The number of H-pyrrole nitrogens is 1. The Morgan fingerprint density at radius 1 is 1.50 bits per heavy atom. The lowest BCUT2D eigenvalue weighted by Gasteiger charge is -2.04. The van der Waals surface area contributed by atoms with Crippen molar-refractivity contribution in [3.63, 3.8) is 0 Å². The van der Waals surface area contributed by atoms with Crippen LogP contribution in [0.15, 0.2) is 18.2 Å². The van der Waals surface area contributed by atoms with Gasteiger partial charge in [-0.15, -0.1) is 0 Å². The van der Waals surface area contributed by atoms with Crippen LogP contribution in [0.2, 0.25) is 0 Å². The van der Waals surface area contributed by atoms with Gasteiger partial charge in [-0.3, -0.25) is 4.79 Å². The summed E-state index contributed by atoms with van der Waals surface area (Å²) in [7, 11) is 0. The van der Waals surface area contributed by atoms with Crippen LogP contribution in [0.5, 0.6) is 5.75 Å². The number of hydrogen-bond donors (Lipinski definition) is 3. The molecule has 1 aromatic heterocycles. The number of aromatic hydroxyl groups is 1. The van der Waals surface area contributed by atoms with E-state index in [4.69, 9.17) is 5.73 Å². The van der Waals surface area contributed by atoms with Crippen molar-refractivity contribution < 1.29 is 9.90 Å². The second-order valence-electron chi connectivity index (χ2n) is 4.01. The number of aromatic amines is 1. The van der Waals surface area contributed by atoms with Gasteiger partial charge >= 0.3 is 0 Å². The van der Waals surface area contributed by atoms with Crippen LogP contribution in [-0.2, 0) is 0 Å². The molecule has 1 aromatic carbocycles. The Hall–Kier alpha value is -1.81. The first-order valence-electron chi connectivity index (χ1n) is 5.12. The van der Waals surface area contributed by atoms with E-state index < -0.39 is 6.04 Å². The number of nitrogens with one attached hydrogen (secondary N) is 1. The number of aryl methyl sites for hydroxylation is 1. The topological polar surface area (TPSA) is 79.1 Å². The summed E-state index contributed by atoms with van der Waals surface area (Å²) in [6, 6.07) is 4.36. The molecule has 1 atom stereocenters. The number of aromatic nitrogens is 1. The van der Waals surface area contributed by atoms with E-state index in [-0.39, 0.29) is 11.5 Å². The van der Waals surface area contributed by atoms with E-state index in [2.05, 4.69) is 4.98 Å². The van der Waals surface area contributed by atoms with Crippen LogP contribution < -0.4 is 5.73 Å². The predicted molar refractivity (Wildman–Crippen MR) is 62.7 cm³/mol. The van der Waals surface area contributed by atoms with Crippen LogP contribution in [-0.4, -0.2) is 21.9 Å². The smallest absolute Gasteiger partial charge is 0.181 e. The van der Waals surface area contributed by atoms with E-state index in [1.807, 2.05) is 6.92 Å². The van der Waals surface area contributed by atoms with Crippen molar-refractivity contribution in [1.29, 1.82) is 0 Å². The number of Topliss-reactive ketones (excluding diaryl/α,β-unsaturated/α-hetero) is 1. The first-order valence-corrected chi connectivity index (χ1v) is 5.12. The largest absolute Gasteiger partial charge is 0.508 e. The second kappa shape index (κ2) is 3.64. The molecule has 0 radical (unpaired) electrons. The van der Waals surface area contributed by atoms with Crippen LogP contribution >= 0.6 is 0 Å².